The number of nitrogens with one attached hydrogen (secondary N) is 2. The number of halogens is 1. The summed E-state index contributed by atoms with van der Waals surface area (Å²) in [5, 5.41) is 2.65. The molecule has 4 N–H and O–H groups in total. The van der Waals surface area contributed by atoms with Crippen LogP contribution < -0.4 is 15.8 Å². The number of carbonyl (C=O) groups excluding carboxylic acids is 1. The van der Waals surface area contributed by atoms with E-state index < -0.39 is 15.8 Å². The summed E-state index contributed by atoms with van der Waals surface area (Å²) in [6.45, 7) is 0. The molecule has 1 aromatic rings. The molecular weight excluding hydrogens is 297 g/mol. The topological polar surface area (TPSA) is 101 Å². The lowest BCUT2D eigenvalue weighted by Gasteiger charge is -2.16. The molecule has 6 nitrogen and oxygen atoms in total. The van der Waals surface area contributed by atoms with Crippen LogP contribution in [0.25, 0.3) is 0 Å². The van der Waals surface area contributed by atoms with Gasteiger partial charge in [-0.2, -0.15) is 0 Å². The minimum Gasteiger partial charge on any atom is -0.327 e. The third-order valence-electron chi connectivity index (χ3n) is 3.44. The van der Waals surface area contributed by atoms with Crippen LogP contribution in [-0.2, 0) is 14.8 Å². The number of sulfonamides is 1. The number of rotatable bonds is 4. The number of hydrogen-bond acceptors (Lipinski definition) is 4. The third kappa shape index (κ3) is 4.15. The van der Waals surface area contributed by atoms with Gasteiger partial charge in [0.05, 0.1) is 17.9 Å². The van der Waals surface area contributed by atoms with Gasteiger partial charge in [0, 0.05) is 11.7 Å². The van der Waals surface area contributed by atoms with Gasteiger partial charge in [0.15, 0.2) is 0 Å². The molecule has 0 heterocycles. The van der Waals surface area contributed by atoms with Crippen LogP contribution in [-0.4, -0.2) is 26.6 Å². The van der Waals surface area contributed by atoms with Crippen molar-refractivity contribution in [1.82, 2.24) is 0 Å². The van der Waals surface area contributed by atoms with Crippen LogP contribution in [0.1, 0.15) is 19.3 Å². The van der Waals surface area contributed by atoms with Crippen LogP contribution in [0, 0.1) is 11.7 Å². The lowest BCUT2D eigenvalue weighted by Crippen LogP contribution is -2.34. The zero-order valence-electron chi connectivity index (χ0n) is 11.6. The summed E-state index contributed by atoms with van der Waals surface area (Å²) >= 11 is 0. The summed E-state index contributed by atoms with van der Waals surface area (Å²) in [7, 11) is -3.59. The Kier molecular flexibility index (Phi) is 4.48. The van der Waals surface area contributed by atoms with Crippen molar-refractivity contribution in [3.05, 3.63) is 24.0 Å². The van der Waals surface area contributed by atoms with Crippen molar-refractivity contribution >= 4 is 27.3 Å². The highest BCUT2D eigenvalue weighted by atomic mass is 32.2. The Morgan fingerprint density at radius 2 is 2.10 bits per heavy atom. The van der Waals surface area contributed by atoms with E-state index in [1.807, 2.05) is 0 Å². The Bertz CT molecular complexity index is 648. The highest BCUT2D eigenvalue weighted by Crippen LogP contribution is 2.26. The van der Waals surface area contributed by atoms with Crippen LogP contribution in [0.2, 0.25) is 0 Å². The number of carbonyl (C=O) groups is 1. The van der Waals surface area contributed by atoms with Crippen LogP contribution in [0.15, 0.2) is 18.2 Å². The first-order chi connectivity index (χ1) is 9.76. The van der Waals surface area contributed by atoms with Crippen molar-refractivity contribution in [1.29, 1.82) is 0 Å². The van der Waals surface area contributed by atoms with E-state index in [1.54, 1.807) is 0 Å². The number of amides is 1. The molecule has 8 heteroatoms. The number of anilines is 2. The summed E-state index contributed by atoms with van der Waals surface area (Å²) in [4.78, 5) is 12.1. The summed E-state index contributed by atoms with van der Waals surface area (Å²) in [6, 6.07) is 3.55. The molecule has 0 aromatic heterocycles. The van der Waals surface area contributed by atoms with E-state index in [4.69, 9.17) is 5.73 Å². The molecule has 1 saturated carbocycles. The van der Waals surface area contributed by atoms with Crippen LogP contribution in [0.5, 0.6) is 0 Å². The molecule has 0 radical (unpaired) electrons. The molecule has 1 aromatic carbocycles. The monoisotopic (exact) mass is 315 g/mol. The predicted molar refractivity (Wildman–Crippen MR) is 78.8 cm³/mol. The molecule has 1 amide bonds. The molecule has 0 aliphatic heterocycles. The maximum atomic E-state index is 13.5. The number of nitrogens with two attached hydrogens (primary N) is 1. The van der Waals surface area contributed by atoms with Crippen LogP contribution in [0.3, 0.4) is 0 Å². The Balaban J connectivity index is 2.14. The molecule has 0 bridgehead atoms. The lowest BCUT2D eigenvalue weighted by molar-refractivity contribution is -0.120. The zero-order chi connectivity index (χ0) is 15.6. The summed E-state index contributed by atoms with van der Waals surface area (Å²) in [5.41, 5.74) is 5.98. The van der Waals surface area contributed by atoms with E-state index in [9.17, 15) is 17.6 Å². The summed E-state index contributed by atoms with van der Waals surface area (Å²) in [6.07, 6.45) is 3.36. The molecule has 0 spiro atoms. The molecule has 1 aliphatic rings. The van der Waals surface area contributed by atoms with Crippen molar-refractivity contribution in [3.8, 4) is 0 Å². The normalized spacial score (nSPS) is 22.0. The van der Waals surface area contributed by atoms with E-state index in [0.717, 1.165) is 31.6 Å². The number of hydrogen-bond donors (Lipinski definition) is 3. The van der Waals surface area contributed by atoms with Crippen molar-refractivity contribution in [3.63, 3.8) is 0 Å². The molecule has 1 aliphatic carbocycles. The second-order valence-corrected chi connectivity index (χ2v) is 7.01. The lowest BCUT2D eigenvalue weighted by atomic mass is 10.0. The first-order valence-electron chi connectivity index (χ1n) is 6.60. The van der Waals surface area contributed by atoms with Crippen molar-refractivity contribution in [2.75, 3.05) is 16.3 Å². The highest BCUT2D eigenvalue weighted by Gasteiger charge is 2.30. The SMILES string of the molecule is CS(=O)(=O)Nc1cc(NC(=O)C2CCCC2N)ccc1F. The fourth-order valence-electron chi connectivity index (χ4n) is 2.43. The third-order valence-corrected chi connectivity index (χ3v) is 4.03. The van der Waals surface area contributed by atoms with Gasteiger partial charge in [-0.05, 0) is 31.0 Å². The Morgan fingerprint density at radius 3 is 2.67 bits per heavy atom. The summed E-state index contributed by atoms with van der Waals surface area (Å²) in [5.74, 6) is -1.20. The molecule has 1 fully saturated rings. The van der Waals surface area contributed by atoms with Gasteiger partial charge in [-0.25, -0.2) is 12.8 Å². The average Bonchev–Trinajstić information content (AvgIpc) is 2.78. The molecule has 2 unspecified atom stereocenters. The standard InChI is InChI=1S/C13H18FN3O3S/c1-21(19,20)17-12-7-8(5-6-10(12)14)16-13(18)9-3-2-4-11(9)15/h5-7,9,11,17H,2-4,15H2,1H3,(H,16,18). The maximum absolute atomic E-state index is 13.5. The molecule has 0 saturated heterocycles. The molecular formula is C13H18FN3O3S. The predicted octanol–water partition coefficient (Wildman–Crippen LogP) is 1.26. The molecule has 2 rings (SSSR count). The van der Waals surface area contributed by atoms with Crippen molar-refractivity contribution < 1.29 is 17.6 Å². The van der Waals surface area contributed by atoms with Gasteiger partial charge in [0.2, 0.25) is 15.9 Å². The van der Waals surface area contributed by atoms with E-state index in [-0.39, 0.29) is 23.6 Å². The first-order valence-corrected chi connectivity index (χ1v) is 8.49. The van der Waals surface area contributed by atoms with Crippen LogP contribution in [0.4, 0.5) is 15.8 Å². The Hall–Kier alpha value is -1.67. The quantitative estimate of drug-likeness (QED) is 0.778. The maximum Gasteiger partial charge on any atom is 0.229 e. The van der Waals surface area contributed by atoms with Crippen LogP contribution >= 0.6 is 0 Å². The molecule has 2 atom stereocenters. The summed E-state index contributed by atoms with van der Waals surface area (Å²) < 4.78 is 37.9. The van der Waals surface area contributed by atoms with Crippen molar-refractivity contribution in [2.45, 2.75) is 25.3 Å². The second-order valence-electron chi connectivity index (χ2n) is 5.26. The van der Waals surface area contributed by atoms with Gasteiger partial charge >= 0.3 is 0 Å². The minimum atomic E-state index is -3.59. The minimum absolute atomic E-state index is 0.168. The zero-order valence-corrected chi connectivity index (χ0v) is 12.4. The van der Waals surface area contributed by atoms with E-state index in [2.05, 4.69) is 10.0 Å². The molecule has 116 valence electrons. The number of benzene rings is 1. The first kappa shape index (κ1) is 15.7. The largest absolute Gasteiger partial charge is 0.327 e. The van der Waals surface area contributed by atoms with Gasteiger partial charge in [-0.15, -0.1) is 0 Å². The van der Waals surface area contributed by atoms with Gasteiger partial charge < -0.3 is 11.1 Å². The van der Waals surface area contributed by atoms with Gasteiger partial charge in [-0.3, -0.25) is 9.52 Å². The average molecular weight is 315 g/mol. The smallest absolute Gasteiger partial charge is 0.229 e. The Labute approximate surface area is 123 Å². The van der Waals surface area contributed by atoms with E-state index in [0.29, 0.717) is 5.69 Å². The fourth-order valence-corrected chi connectivity index (χ4v) is 2.99. The van der Waals surface area contributed by atoms with E-state index in [1.165, 1.54) is 12.1 Å². The van der Waals surface area contributed by atoms with E-state index >= 15 is 0 Å². The van der Waals surface area contributed by atoms with Gasteiger partial charge in [-0.1, -0.05) is 6.42 Å². The fraction of sp³-hybridized carbons (Fsp3) is 0.462. The highest BCUT2D eigenvalue weighted by molar-refractivity contribution is 7.92. The van der Waals surface area contributed by atoms with Gasteiger partial charge in [0.25, 0.3) is 0 Å². The Morgan fingerprint density at radius 1 is 1.38 bits per heavy atom. The molecule has 21 heavy (non-hydrogen) atoms. The second kappa shape index (κ2) is 5.98. The van der Waals surface area contributed by atoms with Gasteiger partial charge in [0.1, 0.15) is 5.82 Å². The van der Waals surface area contributed by atoms with Crippen molar-refractivity contribution in [2.24, 2.45) is 11.7 Å².